The lowest BCUT2D eigenvalue weighted by molar-refractivity contribution is -0.134. The number of fused-ring (bicyclic) bond motifs is 1. The molecule has 3 aromatic carbocycles. The van der Waals surface area contributed by atoms with E-state index in [-0.39, 0.29) is 6.54 Å². The summed E-state index contributed by atoms with van der Waals surface area (Å²) in [6, 6.07) is 18.4. The molecule has 0 aromatic heterocycles. The number of nitrogens with one attached hydrogen (secondary N) is 2. The van der Waals surface area contributed by atoms with E-state index in [1.807, 2.05) is 54.6 Å². The summed E-state index contributed by atoms with van der Waals surface area (Å²) in [5.41, 5.74) is 0.388. The van der Waals surface area contributed by atoms with Crippen LogP contribution in [-0.2, 0) is 21.5 Å². The quantitative estimate of drug-likeness (QED) is 0.503. The van der Waals surface area contributed by atoms with Crippen LogP contribution in [0.15, 0.2) is 60.7 Å². The van der Waals surface area contributed by atoms with Gasteiger partial charge in [0.2, 0.25) is 5.91 Å². The van der Waals surface area contributed by atoms with Crippen molar-refractivity contribution in [1.82, 2.24) is 15.5 Å². The minimum absolute atomic E-state index is 0.347. The molecule has 1 fully saturated rings. The van der Waals surface area contributed by atoms with Crippen LogP contribution in [-0.4, -0.2) is 50.1 Å². The number of amides is 4. The molecule has 4 amide bonds. The van der Waals surface area contributed by atoms with Crippen LogP contribution in [0, 0.1) is 0 Å². The van der Waals surface area contributed by atoms with E-state index in [4.69, 9.17) is 9.47 Å². The van der Waals surface area contributed by atoms with Crippen LogP contribution in [0.3, 0.4) is 0 Å². The minimum Gasteiger partial charge on any atom is -0.493 e. The molecular weight excluding hydrogens is 434 g/mol. The summed E-state index contributed by atoms with van der Waals surface area (Å²) in [5.74, 6) is 0.372. The number of urea groups is 1. The number of carbonyl (C=O) groups is 3. The predicted octanol–water partition coefficient (Wildman–Crippen LogP) is 2.98. The summed E-state index contributed by atoms with van der Waals surface area (Å²) in [6.07, 6.45) is 0.557. The van der Waals surface area contributed by atoms with E-state index >= 15 is 0 Å². The molecule has 34 heavy (non-hydrogen) atoms. The number of nitrogens with zero attached hydrogens (tertiary/aromatic N) is 1. The smallest absolute Gasteiger partial charge is 0.325 e. The Labute approximate surface area is 197 Å². The second-order valence-corrected chi connectivity index (χ2v) is 8.30. The molecule has 1 aliphatic rings. The Hall–Kier alpha value is -4.07. The van der Waals surface area contributed by atoms with Gasteiger partial charge in [-0.25, -0.2) is 4.79 Å². The third-order valence-corrected chi connectivity index (χ3v) is 6.09. The van der Waals surface area contributed by atoms with Crippen molar-refractivity contribution in [3.63, 3.8) is 0 Å². The van der Waals surface area contributed by atoms with Crippen molar-refractivity contribution in [2.24, 2.45) is 0 Å². The van der Waals surface area contributed by atoms with Gasteiger partial charge in [0, 0.05) is 6.54 Å². The fourth-order valence-electron chi connectivity index (χ4n) is 4.12. The maximum absolute atomic E-state index is 13.2. The number of hydrogen-bond acceptors (Lipinski definition) is 5. The van der Waals surface area contributed by atoms with Gasteiger partial charge in [-0.05, 0) is 53.4 Å². The summed E-state index contributed by atoms with van der Waals surface area (Å²) < 4.78 is 10.5. The van der Waals surface area contributed by atoms with E-state index in [2.05, 4.69) is 10.6 Å². The molecule has 1 aliphatic heterocycles. The number of hydrogen-bond donors (Lipinski definition) is 2. The Morgan fingerprint density at radius 3 is 2.44 bits per heavy atom. The SMILES string of the molecule is COc1ccc(CCNC(=O)CN2C(=O)N[C@](C)(c3ccc4ccccc4c3)C2=O)cc1OC. The van der Waals surface area contributed by atoms with Crippen LogP contribution in [0.25, 0.3) is 10.8 Å². The van der Waals surface area contributed by atoms with E-state index in [0.29, 0.717) is 30.0 Å². The van der Waals surface area contributed by atoms with Gasteiger partial charge < -0.3 is 20.1 Å². The number of carbonyl (C=O) groups excluding carboxylic acids is 3. The molecule has 0 spiro atoms. The van der Waals surface area contributed by atoms with E-state index in [1.165, 1.54) is 0 Å². The molecule has 0 bridgehead atoms. The van der Waals surface area contributed by atoms with Gasteiger partial charge in [0.25, 0.3) is 5.91 Å². The van der Waals surface area contributed by atoms with Gasteiger partial charge in [0.05, 0.1) is 14.2 Å². The van der Waals surface area contributed by atoms with Crippen molar-refractivity contribution in [3.8, 4) is 11.5 Å². The lowest BCUT2D eigenvalue weighted by Gasteiger charge is -2.22. The monoisotopic (exact) mass is 461 g/mol. The summed E-state index contributed by atoms with van der Waals surface area (Å²) in [5, 5.41) is 7.53. The van der Waals surface area contributed by atoms with Gasteiger partial charge >= 0.3 is 6.03 Å². The van der Waals surface area contributed by atoms with Crippen molar-refractivity contribution in [2.75, 3.05) is 27.3 Å². The molecule has 1 atom stereocenters. The highest BCUT2D eigenvalue weighted by Crippen LogP contribution is 2.31. The number of rotatable bonds is 8. The second kappa shape index (κ2) is 9.43. The molecule has 3 aromatic rings. The second-order valence-electron chi connectivity index (χ2n) is 8.30. The lowest BCUT2D eigenvalue weighted by Crippen LogP contribution is -2.43. The average Bonchev–Trinajstić information content (AvgIpc) is 3.07. The van der Waals surface area contributed by atoms with Crippen LogP contribution in [0.4, 0.5) is 4.79 Å². The number of ether oxygens (including phenoxy) is 2. The first-order valence-corrected chi connectivity index (χ1v) is 11.0. The summed E-state index contributed by atoms with van der Waals surface area (Å²) in [7, 11) is 3.13. The molecular formula is C26H27N3O5. The molecule has 8 nitrogen and oxygen atoms in total. The standard InChI is InChI=1S/C26H27N3O5/c1-26(20-10-9-18-6-4-5-7-19(18)15-20)24(31)29(25(32)28-26)16-23(30)27-13-12-17-8-11-21(33-2)22(14-17)34-3/h4-11,14-15H,12-13,16H2,1-3H3,(H,27,30)(H,28,32)/t26-/m1/s1. The van der Waals surface area contributed by atoms with Crippen LogP contribution < -0.4 is 20.1 Å². The average molecular weight is 462 g/mol. The third kappa shape index (κ3) is 4.39. The molecule has 0 unspecified atom stereocenters. The van der Waals surface area contributed by atoms with Gasteiger partial charge in [0.1, 0.15) is 12.1 Å². The van der Waals surface area contributed by atoms with Gasteiger partial charge in [-0.1, -0.05) is 42.5 Å². The molecule has 176 valence electrons. The first kappa shape index (κ1) is 23.1. The molecule has 1 saturated heterocycles. The highest BCUT2D eigenvalue weighted by atomic mass is 16.5. The highest BCUT2D eigenvalue weighted by Gasteiger charge is 2.49. The molecule has 4 rings (SSSR count). The van der Waals surface area contributed by atoms with Crippen molar-refractivity contribution >= 4 is 28.6 Å². The Kier molecular flexibility index (Phi) is 6.40. The summed E-state index contributed by atoms with van der Waals surface area (Å²) in [4.78, 5) is 39.2. The van der Waals surface area contributed by atoms with Gasteiger partial charge in [-0.3, -0.25) is 14.5 Å². The Balaban J connectivity index is 1.38. The topological polar surface area (TPSA) is 97.0 Å². The lowest BCUT2D eigenvalue weighted by atomic mass is 9.90. The maximum Gasteiger partial charge on any atom is 0.325 e. The van der Waals surface area contributed by atoms with Gasteiger partial charge in [-0.2, -0.15) is 0 Å². The molecule has 0 radical (unpaired) electrons. The third-order valence-electron chi connectivity index (χ3n) is 6.09. The first-order chi connectivity index (χ1) is 16.4. The van der Waals surface area contributed by atoms with Crippen LogP contribution >= 0.6 is 0 Å². The van der Waals surface area contributed by atoms with E-state index in [9.17, 15) is 14.4 Å². The van der Waals surface area contributed by atoms with Crippen molar-refractivity contribution in [3.05, 3.63) is 71.8 Å². The largest absolute Gasteiger partial charge is 0.493 e. The van der Waals surface area contributed by atoms with Gasteiger partial charge in [0.15, 0.2) is 11.5 Å². The zero-order valence-corrected chi connectivity index (χ0v) is 19.4. The number of methoxy groups -OCH3 is 2. The fourth-order valence-corrected chi connectivity index (χ4v) is 4.12. The molecule has 0 saturated carbocycles. The minimum atomic E-state index is -1.24. The zero-order chi connectivity index (χ0) is 24.3. The van der Waals surface area contributed by atoms with Crippen LogP contribution in [0.2, 0.25) is 0 Å². The molecule has 8 heteroatoms. The molecule has 0 aliphatic carbocycles. The number of imide groups is 1. The predicted molar refractivity (Wildman–Crippen MR) is 128 cm³/mol. The van der Waals surface area contributed by atoms with Crippen LogP contribution in [0.1, 0.15) is 18.1 Å². The van der Waals surface area contributed by atoms with Crippen molar-refractivity contribution in [1.29, 1.82) is 0 Å². The van der Waals surface area contributed by atoms with E-state index < -0.39 is 23.4 Å². The van der Waals surface area contributed by atoms with Crippen molar-refractivity contribution in [2.45, 2.75) is 18.9 Å². The van der Waals surface area contributed by atoms with Gasteiger partial charge in [-0.15, -0.1) is 0 Å². The van der Waals surface area contributed by atoms with Crippen molar-refractivity contribution < 1.29 is 23.9 Å². The first-order valence-electron chi connectivity index (χ1n) is 11.0. The van der Waals surface area contributed by atoms with E-state index in [1.54, 1.807) is 27.2 Å². The number of benzene rings is 3. The fraction of sp³-hybridized carbons (Fsp3) is 0.269. The Morgan fingerprint density at radius 2 is 1.71 bits per heavy atom. The van der Waals surface area contributed by atoms with Crippen LogP contribution in [0.5, 0.6) is 11.5 Å². The summed E-state index contributed by atoms with van der Waals surface area (Å²) in [6.45, 7) is 1.66. The summed E-state index contributed by atoms with van der Waals surface area (Å²) >= 11 is 0. The Bertz CT molecular complexity index is 1260. The molecule has 1 heterocycles. The van der Waals surface area contributed by atoms with E-state index in [0.717, 1.165) is 21.2 Å². The Morgan fingerprint density at radius 1 is 0.971 bits per heavy atom. The highest BCUT2D eigenvalue weighted by molar-refractivity contribution is 6.09. The normalized spacial score (nSPS) is 17.6. The molecule has 2 N–H and O–H groups in total. The zero-order valence-electron chi connectivity index (χ0n) is 19.4. The maximum atomic E-state index is 13.2.